The standard InChI is InChI=1S/C47H28N4/c1-48-34-27-28-38-42(29-34)47(39-20-10-8-17-36(39)37-18-9-11-21-40(37)47)41-22-12-19-35(43(38)41)30-23-25-33(26-24-30)46-50-44(31-13-4-2-5-14-31)49-45(51-46)32-15-6-3-7-16-32/h2-29H. The monoisotopic (exact) mass is 648 g/mol. The summed E-state index contributed by atoms with van der Waals surface area (Å²) in [5.74, 6) is 1.91. The lowest BCUT2D eigenvalue weighted by atomic mass is 9.70. The maximum Gasteiger partial charge on any atom is 0.187 e. The number of rotatable bonds is 4. The highest BCUT2D eigenvalue weighted by Crippen LogP contribution is 2.64. The van der Waals surface area contributed by atoms with Crippen LogP contribution in [-0.2, 0) is 5.41 Å². The Labute approximate surface area is 296 Å². The number of benzene rings is 7. The van der Waals surface area contributed by atoms with Crippen LogP contribution in [0.15, 0.2) is 170 Å². The summed E-state index contributed by atoms with van der Waals surface area (Å²) in [4.78, 5) is 18.6. The predicted molar refractivity (Wildman–Crippen MR) is 204 cm³/mol. The number of fused-ring (bicyclic) bond motifs is 10. The summed E-state index contributed by atoms with van der Waals surface area (Å²) in [6.45, 7) is 7.92. The number of aromatic nitrogens is 3. The van der Waals surface area contributed by atoms with Gasteiger partial charge in [-0.05, 0) is 55.6 Å². The van der Waals surface area contributed by atoms with Crippen LogP contribution in [0, 0.1) is 6.57 Å². The fourth-order valence-corrected chi connectivity index (χ4v) is 8.22. The Bertz CT molecular complexity index is 2590. The molecule has 0 aliphatic heterocycles. The molecule has 2 aliphatic rings. The van der Waals surface area contributed by atoms with E-state index in [1.165, 1.54) is 44.5 Å². The molecule has 4 nitrogen and oxygen atoms in total. The first-order valence-electron chi connectivity index (χ1n) is 17.1. The minimum Gasteiger partial charge on any atom is -0.238 e. The first kappa shape index (κ1) is 29.0. The molecule has 0 bridgehead atoms. The fraction of sp³-hybridized carbons (Fsp3) is 0.0213. The Morgan fingerprint density at radius 1 is 0.373 bits per heavy atom. The third-order valence-electron chi connectivity index (χ3n) is 10.4. The fourth-order valence-electron chi connectivity index (χ4n) is 8.22. The summed E-state index contributed by atoms with van der Waals surface area (Å²) in [6, 6.07) is 59.1. The molecule has 7 aromatic carbocycles. The molecule has 2 aliphatic carbocycles. The van der Waals surface area contributed by atoms with Gasteiger partial charge in [0.25, 0.3) is 0 Å². The predicted octanol–water partition coefficient (Wildman–Crippen LogP) is 11.4. The van der Waals surface area contributed by atoms with E-state index in [1.807, 2.05) is 66.7 Å². The maximum absolute atomic E-state index is 7.92. The average molecular weight is 649 g/mol. The molecule has 0 radical (unpaired) electrons. The van der Waals surface area contributed by atoms with Crippen LogP contribution in [0.4, 0.5) is 5.69 Å². The smallest absolute Gasteiger partial charge is 0.187 e. The molecule has 0 atom stereocenters. The van der Waals surface area contributed by atoms with Gasteiger partial charge < -0.3 is 0 Å². The van der Waals surface area contributed by atoms with Crippen molar-refractivity contribution in [3.63, 3.8) is 0 Å². The second kappa shape index (κ2) is 11.3. The highest BCUT2D eigenvalue weighted by atomic mass is 15.0. The lowest BCUT2D eigenvalue weighted by Crippen LogP contribution is -2.25. The van der Waals surface area contributed by atoms with Crippen LogP contribution >= 0.6 is 0 Å². The normalized spacial score (nSPS) is 12.8. The van der Waals surface area contributed by atoms with E-state index in [2.05, 4.69) is 108 Å². The van der Waals surface area contributed by atoms with E-state index in [-0.39, 0.29) is 0 Å². The molecule has 0 saturated carbocycles. The Morgan fingerprint density at radius 2 is 0.843 bits per heavy atom. The van der Waals surface area contributed by atoms with Crippen molar-refractivity contribution in [3.8, 4) is 67.5 Å². The number of hydrogen-bond donors (Lipinski definition) is 0. The topological polar surface area (TPSA) is 43.0 Å². The second-order valence-electron chi connectivity index (χ2n) is 13.0. The lowest BCUT2D eigenvalue weighted by molar-refractivity contribution is 0.794. The largest absolute Gasteiger partial charge is 0.238 e. The molecule has 0 saturated heterocycles. The van der Waals surface area contributed by atoms with Gasteiger partial charge in [-0.2, -0.15) is 0 Å². The van der Waals surface area contributed by atoms with E-state index in [9.17, 15) is 0 Å². The van der Waals surface area contributed by atoms with E-state index in [0.717, 1.165) is 27.8 Å². The minimum absolute atomic E-state index is 0.513. The molecule has 0 amide bonds. The Kier molecular flexibility index (Phi) is 6.43. The highest BCUT2D eigenvalue weighted by molar-refractivity contribution is 6.00. The van der Waals surface area contributed by atoms with Crippen molar-refractivity contribution in [1.29, 1.82) is 0 Å². The summed E-state index contributed by atoms with van der Waals surface area (Å²) in [5, 5.41) is 0. The van der Waals surface area contributed by atoms with Gasteiger partial charge in [-0.15, -0.1) is 0 Å². The zero-order valence-electron chi connectivity index (χ0n) is 27.5. The van der Waals surface area contributed by atoms with E-state index in [4.69, 9.17) is 21.5 Å². The van der Waals surface area contributed by atoms with Gasteiger partial charge in [-0.25, -0.2) is 19.8 Å². The molecule has 4 heteroatoms. The van der Waals surface area contributed by atoms with Crippen LogP contribution in [0.5, 0.6) is 0 Å². The molecule has 1 spiro atoms. The van der Waals surface area contributed by atoms with Crippen molar-refractivity contribution in [2.75, 3.05) is 0 Å². The highest BCUT2D eigenvalue weighted by Gasteiger charge is 2.52. The van der Waals surface area contributed by atoms with Crippen molar-refractivity contribution >= 4 is 5.69 Å². The lowest BCUT2D eigenvalue weighted by Gasteiger charge is -2.30. The quantitative estimate of drug-likeness (QED) is 0.178. The number of nitrogens with zero attached hydrogens (tertiary/aromatic N) is 4. The summed E-state index contributed by atoms with van der Waals surface area (Å²) in [5.41, 5.74) is 15.0. The van der Waals surface area contributed by atoms with Gasteiger partial charge in [0.15, 0.2) is 23.2 Å². The summed E-state index contributed by atoms with van der Waals surface area (Å²) in [7, 11) is 0. The zero-order chi connectivity index (χ0) is 33.9. The SMILES string of the molecule is [C-]#[N+]c1ccc2c(c1)C1(c3ccccc3-c3ccccc31)c1cccc(-c3ccc(-c4nc(-c5ccccc5)nc(-c5ccccc5)n4)cc3)c1-2. The van der Waals surface area contributed by atoms with Gasteiger partial charge in [-0.3, -0.25) is 0 Å². The van der Waals surface area contributed by atoms with Crippen LogP contribution in [0.1, 0.15) is 22.3 Å². The molecule has 51 heavy (non-hydrogen) atoms. The Balaban J connectivity index is 1.15. The van der Waals surface area contributed by atoms with Gasteiger partial charge in [0.2, 0.25) is 0 Å². The third kappa shape index (κ3) is 4.29. The first-order chi connectivity index (χ1) is 25.2. The van der Waals surface area contributed by atoms with Gasteiger partial charge in [0.05, 0.1) is 12.0 Å². The van der Waals surface area contributed by atoms with Crippen molar-refractivity contribution < 1.29 is 0 Å². The zero-order valence-corrected chi connectivity index (χ0v) is 27.5. The molecule has 0 fully saturated rings. The summed E-state index contributed by atoms with van der Waals surface area (Å²) in [6.07, 6.45) is 0. The second-order valence-corrected chi connectivity index (χ2v) is 13.0. The molecule has 8 aromatic rings. The van der Waals surface area contributed by atoms with E-state index < -0.39 is 5.41 Å². The minimum atomic E-state index is -0.513. The van der Waals surface area contributed by atoms with Crippen LogP contribution in [0.2, 0.25) is 0 Å². The first-order valence-corrected chi connectivity index (χ1v) is 17.1. The summed E-state index contributed by atoms with van der Waals surface area (Å²) < 4.78 is 0. The molecule has 0 N–H and O–H groups in total. The van der Waals surface area contributed by atoms with Crippen LogP contribution < -0.4 is 0 Å². The third-order valence-corrected chi connectivity index (χ3v) is 10.4. The molecular weight excluding hydrogens is 621 g/mol. The van der Waals surface area contributed by atoms with E-state index in [1.54, 1.807) is 0 Å². The van der Waals surface area contributed by atoms with Gasteiger partial charge in [0.1, 0.15) is 0 Å². The van der Waals surface area contributed by atoms with Crippen LogP contribution in [0.25, 0.3) is 72.4 Å². The van der Waals surface area contributed by atoms with Gasteiger partial charge in [0, 0.05) is 16.7 Å². The molecule has 0 unspecified atom stereocenters. The molecular formula is C47H28N4. The van der Waals surface area contributed by atoms with Crippen molar-refractivity contribution in [2.24, 2.45) is 0 Å². The van der Waals surface area contributed by atoms with Gasteiger partial charge in [-0.1, -0.05) is 170 Å². The van der Waals surface area contributed by atoms with Crippen molar-refractivity contribution in [1.82, 2.24) is 15.0 Å². The van der Waals surface area contributed by atoms with Crippen molar-refractivity contribution in [2.45, 2.75) is 5.41 Å². The van der Waals surface area contributed by atoms with Gasteiger partial charge >= 0.3 is 0 Å². The van der Waals surface area contributed by atoms with E-state index >= 15 is 0 Å². The van der Waals surface area contributed by atoms with Crippen molar-refractivity contribution in [3.05, 3.63) is 204 Å². The Morgan fingerprint density at radius 3 is 1.41 bits per heavy atom. The van der Waals surface area contributed by atoms with E-state index in [0.29, 0.717) is 23.2 Å². The maximum atomic E-state index is 7.92. The van der Waals surface area contributed by atoms with Crippen LogP contribution in [0.3, 0.4) is 0 Å². The summed E-state index contributed by atoms with van der Waals surface area (Å²) >= 11 is 0. The molecule has 10 rings (SSSR count). The average Bonchev–Trinajstić information content (AvgIpc) is 3.68. The Hall–Kier alpha value is -6.96. The molecule has 1 heterocycles. The number of hydrogen-bond acceptors (Lipinski definition) is 3. The molecule has 1 aromatic heterocycles. The molecule has 236 valence electrons. The van der Waals surface area contributed by atoms with Crippen LogP contribution in [-0.4, -0.2) is 15.0 Å².